The average molecular weight is 351 g/mol. The molecule has 0 saturated heterocycles. The number of carbonyl (C=O) groups is 2. The molecular formula is C16H25N5O2S. The molecule has 1 aromatic rings. The molecule has 1 fully saturated rings. The normalized spacial score (nSPS) is 15.7. The fourth-order valence-corrected chi connectivity index (χ4v) is 2.99. The smallest absolute Gasteiger partial charge is 0.321 e. The molecule has 0 aliphatic heterocycles. The van der Waals surface area contributed by atoms with Crippen molar-refractivity contribution in [1.29, 1.82) is 0 Å². The number of thioether (sulfide) groups is 1. The van der Waals surface area contributed by atoms with Crippen molar-refractivity contribution in [2.75, 3.05) is 0 Å². The number of nitrogens with zero attached hydrogens (tertiary/aromatic N) is 3. The van der Waals surface area contributed by atoms with Crippen molar-refractivity contribution in [3.05, 3.63) is 18.5 Å². The molecule has 2 N–H and O–H groups in total. The van der Waals surface area contributed by atoms with Gasteiger partial charge in [0.1, 0.15) is 5.82 Å². The SMILES string of the molecule is C=CCn1c(S[C@@H](C)C(=O)NC(=O)NC(C)(C)C)nnc1C1CC1. The summed E-state index contributed by atoms with van der Waals surface area (Å²) in [5.41, 5.74) is -0.399. The quantitative estimate of drug-likeness (QED) is 0.607. The molecule has 3 amide bonds. The van der Waals surface area contributed by atoms with Gasteiger partial charge in [0, 0.05) is 18.0 Å². The first kappa shape index (κ1) is 18.5. The van der Waals surface area contributed by atoms with Gasteiger partial charge in [-0.1, -0.05) is 17.8 Å². The van der Waals surface area contributed by atoms with E-state index in [0.717, 1.165) is 18.7 Å². The first-order valence-electron chi connectivity index (χ1n) is 8.05. The summed E-state index contributed by atoms with van der Waals surface area (Å²) in [6.07, 6.45) is 4.05. The lowest BCUT2D eigenvalue weighted by Crippen LogP contribution is -2.49. The van der Waals surface area contributed by atoms with Crippen LogP contribution in [0.25, 0.3) is 0 Å². The Morgan fingerprint density at radius 2 is 2.08 bits per heavy atom. The highest BCUT2D eigenvalue weighted by atomic mass is 32.2. The molecule has 2 rings (SSSR count). The zero-order valence-corrected chi connectivity index (χ0v) is 15.4. The number of urea groups is 1. The zero-order chi connectivity index (χ0) is 17.9. The number of allylic oxidation sites excluding steroid dienone is 1. The van der Waals surface area contributed by atoms with Gasteiger partial charge >= 0.3 is 6.03 Å². The maximum absolute atomic E-state index is 12.2. The summed E-state index contributed by atoms with van der Waals surface area (Å²) in [6.45, 7) is 11.7. The maximum atomic E-state index is 12.2. The van der Waals surface area contributed by atoms with E-state index in [0.29, 0.717) is 17.6 Å². The van der Waals surface area contributed by atoms with Gasteiger partial charge in [0.05, 0.1) is 5.25 Å². The summed E-state index contributed by atoms with van der Waals surface area (Å²) in [7, 11) is 0. The molecule has 1 aliphatic carbocycles. The predicted molar refractivity (Wildman–Crippen MR) is 93.9 cm³/mol. The number of carbonyl (C=O) groups excluding carboxylic acids is 2. The molecule has 7 nitrogen and oxygen atoms in total. The Labute approximate surface area is 146 Å². The first-order chi connectivity index (χ1) is 11.2. The molecule has 0 bridgehead atoms. The molecule has 132 valence electrons. The van der Waals surface area contributed by atoms with Gasteiger partial charge in [-0.3, -0.25) is 10.1 Å². The van der Waals surface area contributed by atoms with Crippen LogP contribution in [-0.4, -0.2) is 37.5 Å². The van der Waals surface area contributed by atoms with Crippen molar-refractivity contribution < 1.29 is 9.59 Å². The molecule has 0 radical (unpaired) electrons. The Hall–Kier alpha value is -1.83. The third-order valence-electron chi connectivity index (χ3n) is 3.38. The summed E-state index contributed by atoms with van der Waals surface area (Å²) >= 11 is 1.29. The molecule has 0 aromatic carbocycles. The van der Waals surface area contributed by atoms with E-state index in [-0.39, 0.29) is 5.91 Å². The van der Waals surface area contributed by atoms with E-state index in [4.69, 9.17) is 0 Å². The summed E-state index contributed by atoms with van der Waals surface area (Å²) in [5, 5.41) is 13.7. The van der Waals surface area contributed by atoms with Crippen molar-refractivity contribution in [2.24, 2.45) is 0 Å². The Morgan fingerprint density at radius 3 is 2.62 bits per heavy atom. The van der Waals surface area contributed by atoms with Crippen LogP contribution in [0.4, 0.5) is 4.79 Å². The van der Waals surface area contributed by atoms with Gasteiger partial charge < -0.3 is 9.88 Å². The van der Waals surface area contributed by atoms with Gasteiger partial charge in [0.25, 0.3) is 0 Å². The number of rotatable bonds is 6. The van der Waals surface area contributed by atoms with Gasteiger partial charge in [-0.15, -0.1) is 16.8 Å². The second kappa shape index (κ2) is 7.38. The van der Waals surface area contributed by atoms with Crippen LogP contribution in [0, 0.1) is 0 Å². The van der Waals surface area contributed by atoms with E-state index in [1.165, 1.54) is 11.8 Å². The lowest BCUT2D eigenvalue weighted by Gasteiger charge is -2.21. The Balaban J connectivity index is 1.98. The van der Waals surface area contributed by atoms with Crippen molar-refractivity contribution >= 4 is 23.7 Å². The van der Waals surface area contributed by atoms with Crippen molar-refractivity contribution in [3.8, 4) is 0 Å². The van der Waals surface area contributed by atoms with Crippen LogP contribution < -0.4 is 10.6 Å². The van der Waals surface area contributed by atoms with E-state index in [1.807, 2.05) is 25.3 Å². The second-order valence-electron chi connectivity index (χ2n) is 6.97. The second-order valence-corrected chi connectivity index (χ2v) is 8.28. The van der Waals surface area contributed by atoms with Crippen LogP contribution in [0.3, 0.4) is 0 Å². The van der Waals surface area contributed by atoms with Gasteiger partial charge in [-0.05, 0) is 40.5 Å². The van der Waals surface area contributed by atoms with Crippen LogP contribution >= 0.6 is 11.8 Å². The fourth-order valence-electron chi connectivity index (χ4n) is 2.13. The van der Waals surface area contributed by atoms with E-state index in [9.17, 15) is 9.59 Å². The Kier molecular flexibility index (Phi) is 5.69. The summed E-state index contributed by atoms with van der Waals surface area (Å²) in [5.74, 6) is 1.06. The number of imide groups is 1. The van der Waals surface area contributed by atoms with Crippen molar-refractivity contribution in [3.63, 3.8) is 0 Å². The van der Waals surface area contributed by atoms with Gasteiger partial charge in [0.15, 0.2) is 5.16 Å². The first-order valence-corrected chi connectivity index (χ1v) is 8.93. The minimum absolute atomic E-state index is 0.358. The summed E-state index contributed by atoms with van der Waals surface area (Å²) < 4.78 is 1.99. The molecule has 1 saturated carbocycles. The van der Waals surface area contributed by atoms with E-state index < -0.39 is 16.8 Å². The summed E-state index contributed by atoms with van der Waals surface area (Å²) in [6, 6.07) is -0.494. The third kappa shape index (κ3) is 5.09. The minimum atomic E-state index is -0.494. The zero-order valence-electron chi connectivity index (χ0n) is 14.6. The molecule has 0 unspecified atom stereocenters. The van der Waals surface area contributed by atoms with Crippen LogP contribution in [0.2, 0.25) is 0 Å². The van der Waals surface area contributed by atoms with E-state index in [2.05, 4.69) is 27.4 Å². The molecule has 24 heavy (non-hydrogen) atoms. The number of amides is 3. The standard InChI is InChI=1S/C16H25N5O2S/c1-6-9-21-12(11-7-8-11)19-20-15(21)24-10(2)13(22)17-14(23)18-16(3,4)5/h6,10-11H,1,7-9H2,2-5H3,(H2,17,18,22,23)/t10-/m0/s1. The lowest BCUT2D eigenvalue weighted by molar-refractivity contribution is -0.119. The molecule has 0 spiro atoms. The Morgan fingerprint density at radius 1 is 1.42 bits per heavy atom. The van der Waals surface area contributed by atoms with Crippen LogP contribution in [0.1, 0.15) is 52.3 Å². The highest BCUT2D eigenvalue weighted by Gasteiger charge is 2.31. The number of hydrogen-bond donors (Lipinski definition) is 2. The van der Waals surface area contributed by atoms with E-state index in [1.54, 1.807) is 13.0 Å². The van der Waals surface area contributed by atoms with Crippen LogP contribution in [-0.2, 0) is 11.3 Å². The third-order valence-corrected chi connectivity index (χ3v) is 4.46. The Bertz CT molecular complexity index is 631. The molecule has 1 aromatic heterocycles. The topological polar surface area (TPSA) is 88.9 Å². The lowest BCUT2D eigenvalue weighted by atomic mass is 10.1. The largest absolute Gasteiger partial charge is 0.333 e. The number of aromatic nitrogens is 3. The minimum Gasteiger partial charge on any atom is -0.333 e. The van der Waals surface area contributed by atoms with Gasteiger partial charge in [-0.25, -0.2) is 4.79 Å². The van der Waals surface area contributed by atoms with Gasteiger partial charge in [-0.2, -0.15) is 0 Å². The molecule has 1 heterocycles. The number of hydrogen-bond acceptors (Lipinski definition) is 5. The fraction of sp³-hybridized carbons (Fsp3) is 0.625. The average Bonchev–Trinajstić information content (AvgIpc) is 3.21. The molecule has 1 atom stereocenters. The predicted octanol–water partition coefficient (Wildman–Crippen LogP) is 2.45. The molecule has 1 aliphatic rings. The maximum Gasteiger partial charge on any atom is 0.321 e. The highest BCUT2D eigenvalue weighted by Crippen LogP contribution is 2.40. The van der Waals surface area contributed by atoms with Crippen molar-refractivity contribution in [2.45, 2.75) is 68.9 Å². The summed E-state index contributed by atoms with van der Waals surface area (Å²) in [4.78, 5) is 24.0. The number of nitrogens with one attached hydrogen (secondary N) is 2. The van der Waals surface area contributed by atoms with Crippen LogP contribution in [0.15, 0.2) is 17.8 Å². The monoisotopic (exact) mass is 351 g/mol. The van der Waals surface area contributed by atoms with Crippen LogP contribution in [0.5, 0.6) is 0 Å². The highest BCUT2D eigenvalue weighted by molar-refractivity contribution is 8.00. The molecular weight excluding hydrogens is 326 g/mol. The molecule has 8 heteroatoms. The van der Waals surface area contributed by atoms with Crippen molar-refractivity contribution in [1.82, 2.24) is 25.4 Å². The van der Waals surface area contributed by atoms with Gasteiger partial charge in [0.2, 0.25) is 5.91 Å². The van der Waals surface area contributed by atoms with E-state index >= 15 is 0 Å².